The number of fused-ring (bicyclic) bond motifs is 9. The summed E-state index contributed by atoms with van der Waals surface area (Å²) in [7, 11) is 0. The lowest BCUT2D eigenvalue weighted by Crippen LogP contribution is -1.97. The summed E-state index contributed by atoms with van der Waals surface area (Å²) in [6.45, 7) is 0. The largest absolute Gasteiger partial charge is 0.456 e. The van der Waals surface area contributed by atoms with E-state index in [4.69, 9.17) is 4.42 Å². The smallest absolute Gasteiger partial charge is 0.137 e. The van der Waals surface area contributed by atoms with Crippen molar-refractivity contribution in [1.82, 2.24) is 9.13 Å². The third kappa shape index (κ3) is 4.19. The van der Waals surface area contributed by atoms with Crippen LogP contribution in [0.5, 0.6) is 0 Å². The van der Waals surface area contributed by atoms with Gasteiger partial charge in [0.1, 0.15) is 11.2 Å². The minimum absolute atomic E-state index is 0.898. The van der Waals surface area contributed by atoms with E-state index in [2.05, 4.69) is 179 Å². The van der Waals surface area contributed by atoms with Crippen molar-refractivity contribution in [2.75, 3.05) is 0 Å². The van der Waals surface area contributed by atoms with E-state index in [1.54, 1.807) is 0 Å². The molecular formula is C48H30N2O. The molecule has 0 saturated heterocycles. The second kappa shape index (κ2) is 10.8. The van der Waals surface area contributed by atoms with Crippen LogP contribution in [0, 0.1) is 0 Å². The molecule has 0 radical (unpaired) electrons. The molecule has 11 aromatic rings. The van der Waals surface area contributed by atoms with Crippen molar-refractivity contribution < 1.29 is 4.42 Å². The van der Waals surface area contributed by atoms with Crippen LogP contribution in [0.4, 0.5) is 0 Å². The average Bonchev–Trinajstić information content (AvgIpc) is 3.85. The molecular weight excluding hydrogens is 621 g/mol. The summed E-state index contributed by atoms with van der Waals surface area (Å²) < 4.78 is 11.1. The fourth-order valence-corrected chi connectivity index (χ4v) is 8.23. The summed E-state index contributed by atoms with van der Waals surface area (Å²) in [5.41, 5.74) is 13.6. The minimum Gasteiger partial charge on any atom is -0.456 e. The molecule has 0 spiro atoms. The summed E-state index contributed by atoms with van der Waals surface area (Å²) in [5.74, 6) is 0. The van der Waals surface area contributed by atoms with Gasteiger partial charge in [0.15, 0.2) is 0 Å². The predicted molar refractivity (Wildman–Crippen MR) is 213 cm³/mol. The lowest BCUT2D eigenvalue weighted by Gasteiger charge is -2.14. The molecule has 0 bridgehead atoms. The van der Waals surface area contributed by atoms with E-state index in [0.717, 1.165) is 27.6 Å². The summed E-state index contributed by atoms with van der Waals surface area (Å²) in [5, 5.41) is 7.23. The Balaban J connectivity index is 1.09. The molecule has 11 rings (SSSR count). The Morgan fingerprint density at radius 1 is 0.314 bits per heavy atom. The fraction of sp³-hybridized carbons (Fsp3) is 0. The molecule has 0 saturated carbocycles. The highest BCUT2D eigenvalue weighted by Gasteiger charge is 2.18. The summed E-state index contributed by atoms with van der Waals surface area (Å²) in [6, 6.07) is 65.5. The van der Waals surface area contributed by atoms with Gasteiger partial charge in [0, 0.05) is 49.6 Å². The van der Waals surface area contributed by atoms with Gasteiger partial charge in [0.05, 0.1) is 27.8 Å². The molecule has 238 valence electrons. The highest BCUT2D eigenvalue weighted by molar-refractivity contribution is 6.13. The van der Waals surface area contributed by atoms with Crippen molar-refractivity contribution in [3.8, 4) is 33.6 Å². The SMILES string of the molecule is c1ccc(-c2ccccc2-n2c3ccccc3c3cc(-c4ccc5c(c4)c4ccccc4n5-c4ccc5c(c4)oc4ccccc45)ccc32)cc1. The molecule has 3 heterocycles. The Bertz CT molecular complexity index is 3140. The van der Waals surface area contributed by atoms with Crippen LogP contribution >= 0.6 is 0 Å². The van der Waals surface area contributed by atoms with Gasteiger partial charge < -0.3 is 13.6 Å². The fourth-order valence-electron chi connectivity index (χ4n) is 8.23. The molecule has 0 N–H and O–H groups in total. The van der Waals surface area contributed by atoms with Crippen molar-refractivity contribution in [3.05, 3.63) is 182 Å². The molecule has 8 aromatic carbocycles. The number of benzene rings is 8. The van der Waals surface area contributed by atoms with E-state index in [0.29, 0.717) is 0 Å². The van der Waals surface area contributed by atoms with Gasteiger partial charge >= 0.3 is 0 Å². The highest BCUT2D eigenvalue weighted by atomic mass is 16.3. The number of nitrogens with zero attached hydrogens (tertiary/aromatic N) is 2. The second-order valence-corrected chi connectivity index (χ2v) is 13.3. The van der Waals surface area contributed by atoms with E-state index in [1.807, 2.05) is 12.1 Å². The Morgan fingerprint density at radius 3 is 1.61 bits per heavy atom. The highest BCUT2D eigenvalue weighted by Crippen LogP contribution is 2.40. The predicted octanol–water partition coefficient (Wildman–Crippen LogP) is 13.1. The van der Waals surface area contributed by atoms with Crippen LogP contribution in [0.15, 0.2) is 186 Å². The van der Waals surface area contributed by atoms with Crippen molar-refractivity contribution >= 4 is 65.6 Å². The van der Waals surface area contributed by atoms with Crippen LogP contribution in [0.2, 0.25) is 0 Å². The molecule has 0 aliphatic carbocycles. The number of para-hydroxylation sites is 4. The molecule has 3 nitrogen and oxygen atoms in total. The maximum absolute atomic E-state index is 6.30. The van der Waals surface area contributed by atoms with Gasteiger partial charge in [0.2, 0.25) is 0 Å². The first-order valence-corrected chi connectivity index (χ1v) is 17.4. The normalized spacial score (nSPS) is 11.9. The van der Waals surface area contributed by atoms with Crippen LogP contribution in [0.25, 0.3) is 99.2 Å². The van der Waals surface area contributed by atoms with Crippen LogP contribution in [0.3, 0.4) is 0 Å². The first kappa shape index (κ1) is 28.0. The number of rotatable bonds is 4. The third-order valence-electron chi connectivity index (χ3n) is 10.5. The van der Waals surface area contributed by atoms with Crippen molar-refractivity contribution in [2.24, 2.45) is 0 Å². The Labute approximate surface area is 293 Å². The zero-order valence-electron chi connectivity index (χ0n) is 27.6. The molecule has 0 unspecified atom stereocenters. The average molecular weight is 651 g/mol. The molecule has 3 aromatic heterocycles. The zero-order valence-corrected chi connectivity index (χ0v) is 27.6. The molecule has 3 heteroatoms. The van der Waals surface area contributed by atoms with Gasteiger partial charge in [-0.05, 0) is 77.4 Å². The quantitative estimate of drug-likeness (QED) is 0.186. The van der Waals surface area contributed by atoms with E-state index in [-0.39, 0.29) is 0 Å². The van der Waals surface area contributed by atoms with Crippen LogP contribution < -0.4 is 0 Å². The molecule has 0 aliphatic heterocycles. The van der Waals surface area contributed by atoms with Crippen LogP contribution in [-0.2, 0) is 0 Å². The Kier molecular flexibility index (Phi) is 5.96. The van der Waals surface area contributed by atoms with Gasteiger partial charge in [-0.1, -0.05) is 115 Å². The molecule has 0 amide bonds. The van der Waals surface area contributed by atoms with E-state index >= 15 is 0 Å². The Morgan fingerprint density at radius 2 is 0.863 bits per heavy atom. The lowest BCUT2D eigenvalue weighted by atomic mass is 10.0. The van der Waals surface area contributed by atoms with Crippen molar-refractivity contribution in [3.63, 3.8) is 0 Å². The number of aromatic nitrogens is 2. The standard InChI is InChI=1S/C48H30N2O/c1-2-12-31(13-3-1)35-14-4-8-18-42(35)50-44-20-10-6-16-37(44)41-29-33(23-27-46(41)50)32-22-26-45-40(28-32)36-15-5-9-19-43(36)49(45)34-24-25-39-38-17-7-11-21-47(38)51-48(39)30-34/h1-30H. The summed E-state index contributed by atoms with van der Waals surface area (Å²) in [4.78, 5) is 0. The van der Waals surface area contributed by atoms with Gasteiger partial charge in [-0.3, -0.25) is 0 Å². The first-order valence-electron chi connectivity index (χ1n) is 17.4. The minimum atomic E-state index is 0.898. The topological polar surface area (TPSA) is 23.0 Å². The number of hydrogen-bond donors (Lipinski definition) is 0. The van der Waals surface area contributed by atoms with Gasteiger partial charge in [-0.2, -0.15) is 0 Å². The van der Waals surface area contributed by atoms with Gasteiger partial charge in [0.25, 0.3) is 0 Å². The van der Waals surface area contributed by atoms with Crippen LogP contribution in [-0.4, -0.2) is 9.13 Å². The third-order valence-corrected chi connectivity index (χ3v) is 10.5. The van der Waals surface area contributed by atoms with Crippen LogP contribution in [0.1, 0.15) is 0 Å². The number of hydrogen-bond acceptors (Lipinski definition) is 1. The van der Waals surface area contributed by atoms with Crippen molar-refractivity contribution in [2.45, 2.75) is 0 Å². The Hall–Kier alpha value is -6.84. The summed E-state index contributed by atoms with van der Waals surface area (Å²) in [6.07, 6.45) is 0. The molecule has 0 atom stereocenters. The van der Waals surface area contributed by atoms with Crippen molar-refractivity contribution in [1.29, 1.82) is 0 Å². The molecule has 0 aliphatic rings. The van der Waals surface area contributed by atoms with Gasteiger partial charge in [-0.25, -0.2) is 0 Å². The van der Waals surface area contributed by atoms with E-state index < -0.39 is 0 Å². The van der Waals surface area contributed by atoms with Gasteiger partial charge in [-0.15, -0.1) is 0 Å². The summed E-state index contributed by atoms with van der Waals surface area (Å²) >= 11 is 0. The monoisotopic (exact) mass is 650 g/mol. The zero-order chi connectivity index (χ0) is 33.5. The first-order chi connectivity index (χ1) is 25.3. The molecule has 0 fully saturated rings. The molecule has 51 heavy (non-hydrogen) atoms. The van der Waals surface area contributed by atoms with E-state index in [1.165, 1.54) is 71.6 Å². The maximum Gasteiger partial charge on any atom is 0.137 e. The second-order valence-electron chi connectivity index (χ2n) is 13.3. The number of furan rings is 1. The van der Waals surface area contributed by atoms with E-state index in [9.17, 15) is 0 Å². The maximum atomic E-state index is 6.30. The lowest BCUT2D eigenvalue weighted by molar-refractivity contribution is 0.668.